The SMILES string of the molecule is CN(C)C(CNS(=O)(=O)c1cccc(C(F)(F)F)c1)c1ccc2c(c1)CCO2. The first kappa shape index (κ1) is 20.6. The summed E-state index contributed by atoms with van der Waals surface area (Å²) in [7, 11) is -0.468. The number of sulfonamides is 1. The second kappa shape index (κ2) is 7.73. The van der Waals surface area contributed by atoms with Gasteiger partial charge in [-0.05, 0) is 49.5 Å². The number of hydrogen-bond donors (Lipinski definition) is 1. The maximum atomic E-state index is 12.9. The molecule has 3 rings (SSSR count). The summed E-state index contributed by atoms with van der Waals surface area (Å²) in [6, 6.07) is 9.13. The Balaban J connectivity index is 1.80. The van der Waals surface area contributed by atoms with E-state index in [0.717, 1.165) is 41.5 Å². The fourth-order valence-corrected chi connectivity index (χ4v) is 4.21. The average Bonchev–Trinajstić information content (AvgIpc) is 3.09. The lowest BCUT2D eigenvalue weighted by Crippen LogP contribution is -2.34. The summed E-state index contributed by atoms with van der Waals surface area (Å²) in [5, 5.41) is 0. The minimum absolute atomic E-state index is 0.0191. The summed E-state index contributed by atoms with van der Waals surface area (Å²) < 4.78 is 71.6. The first-order valence-electron chi connectivity index (χ1n) is 8.67. The maximum Gasteiger partial charge on any atom is 0.416 e. The molecule has 2 aromatic rings. The third kappa shape index (κ3) is 4.48. The number of nitrogens with one attached hydrogen (secondary N) is 1. The van der Waals surface area contributed by atoms with Crippen molar-refractivity contribution in [1.82, 2.24) is 9.62 Å². The zero-order valence-electron chi connectivity index (χ0n) is 15.5. The smallest absolute Gasteiger partial charge is 0.416 e. The highest BCUT2D eigenvalue weighted by molar-refractivity contribution is 7.89. The second-order valence-electron chi connectivity index (χ2n) is 6.82. The van der Waals surface area contributed by atoms with Gasteiger partial charge in [-0.1, -0.05) is 18.2 Å². The normalized spacial score (nSPS) is 15.4. The Morgan fingerprint density at radius 1 is 1.18 bits per heavy atom. The lowest BCUT2D eigenvalue weighted by Gasteiger charge is -2.25. The van der Waals surface area contributed by atoms with E-state index >= 15 is 0 Å². The van der Waals surface area contributed by atoms with Gasteiger partial charge in [0, 0.05) is 19.0 Å². The highest BCUT2D eigenvalue weighted by Crippen LogP contribution is 2.31. The van der Waals surface area contributed by atoms with Crippen LogP contribution in [-0.4, -0.2) is 40.6 Å². The van der Waals surface area contributed by atoms with Gasteiger partial charge in [-0.3, -0.25) is 0 Å². The number of alkyl halides is 3. The van der Waals surface area contributed by atoms with E-state index in [1.54, 1.807) is 0 Å². The highest BCUT2D eigenvalue weighted by Gasteiger charge is 2.32. The van der Waals surface area contributed by atoms with Crippen molar-refractivity contribution in [2.75, 3.05) is 27.2 Å². The van der Waals surface area contributed by atoms with Crippen LogP contribution >= 0.6 is 0 Å². The van der Waals surface area contributed by atoms with Crippen LogP contribution < -0.4 is 9.46 Å². The Morgan fingerprint density at radius 3 is 2.61 bits per heavy atom. The van der Waals surface area contributed by atoms with Crippen molar-refractivity contribution in [1.29, 1.82) is 0 Å². The summed E-state index contributed by atoms with van der Waals surface area (Å²) in [5.41, 5.74) is 0.962. The van der Waals surface area contributed by atoms with E-state index in [4.69, 9.17) is 4.74 Å². The third-order valence-corrected chi connectivity index (χ3v) is 6.08. The lowest BCUT2D eigenvalue weighted by atomic mass is 10.0. The topological polar surface area (TPSA) is 58.6 Å². The molecule has 0 saturated heterocycles. The zero-order valence-corrected chi connectivity index (χ0v) is 16.3. The number of fused-ring (bicyclic) bond motifs is 1. The van der Waals surface area contributed by atoms with Gasteiger partial charge >= 0.3 is 6.18 Å². The summed E-state index contributed by atoms with van der Waals surface area (Å²) >= 11 is 0. The van der Waals surface area contributed by atoms with Crippen molar-refractivity contribution in [2.45, 2.75) is 23.5 Å². The molecule has 28 heavy (non-hydrogen) atoms. The highest BCUT2D eigenvalue weighted by atomic mass is 32.2. The van der Waals surface area contributed by atoms with E-state index in [-0.39, 0.29) is 12.6 Å². The Morgan fingerprint density at radius 2 is 1.93 bits per heavy atom. The van der Waals surface area contributed by atoms with E-state index in [2.05, 4.69) is 4.72 Å². The third-order valence-electron chi connectivity index (χ3n) is 4.66. The first-order valence-corrected chi connectivity index (χ1v) is 10.2. The number of ether oxygens (including phenoxy) is 1. The molecular weight excluding hydrogens is 393 g/mol. The van der Waals surface area contributed by atoms with Crippen LogP contribution in [0.4, 0.5) is 13.2 Å². The molecule has 1 unspecified atom stereocenters. The molecule has 0 saturated carbocycles. The van der Waals surface area contributed by atoms with E-state index in [1.807, 2.05) is 37.2 Å². The largest absolute Gasteiger partial charge is 0.493 e. The molecule has 1 atom stereocenters. The molecule has 0 aromatic heterocycles. The standard InChI is InChI=1S/C19H21F3N2O3S/c1-24(2)17(13-6-7-18-14(10-13)8-9-27-18)12-23-28(25,26)16-5-3-4-15(11-16)19(20,21)22/h3-7,10-11,17,23H,8-9,12H2,1-2H3. The molecule has 0 bridgehead atoms. The number of benzene rings is 2. The molecule has 2 aromatic carbocycles. The Hall–Kier alpha value is -2.10. The molecule has 0 aliphatic carbocycles. The Labute approximate surface area is 162 Å². The predicted molar refractivity (Wildman–Crippen MR) is 98.7 cm³/mol. The molecule has 1 N–H and O–H groups in total. The summed E-state index contributed by atoms with van der Waals surface area (Å²) in [4.78, 5) is 1.44. The van der Waals surface area contributed by atoms with Gasteiger partial charge < -0.3 is 9.64 Å². The number of likely N-dealkylation sites (N-methyl/N-ethyl adjacent to an activating group) is 1. The number of hydrogen-bond acceptors (Lipinski definition) is 4. The van der Waals surface area contributed by atoms with Gasteiger partial charge in [-0.2, -0.15) is 13.2 Å². The van der Waals surface area contributed by atoms with E-state index in [0.29, 0.717) is 12.7 Å². The van der Waals surface area contributed by atoms with Crippen molar-refractivity contribution in [2.24, 2.45) is 0 Å². The van der Waals surface area contributed by atoms with Crippen molar-refractivity contribution >= 4 is 10.0 Å². The van der Waals surface area contributed by atoms with E-state index < -0.39 is 26.7 Å². The number of halogens is 3. The van der Waals surface area contributed by atoms with Gasteiger partial charge in [0.05, 0.1) is 17.1 Å². The van der Waals surface area contributed by atoms with Gasteiger partial charge in [0.2, 0.25) is 10.0 Å². The van der Waals surface area contributed by atoms with Crippen LogP contribution in [0, 0.1) is 0 Å². The zero-order chi connectivity index (χ0) is 20.5. The molecule has 152 valence electrons. The van der Waals surface area contributed by atoms with Crippen LogP contribution in [0.1, 0.15) is 22.7 Å². The number of rotatable bonds is 6. The Bertz CT molecular complexity index is 959. The van der Waals surface area contributed by atoms with Crippen LogP contribution in [0.3, 0.4) is 0 Å². The number of nitrogens with zero attached hydrogens (tertiary/aromatic N) is 1. The van der Waals surface area contributed by atoms with Gasteiger partial charge in [0.1, 0.15) is 5.75 Å². The molecular formula is C19H21F3N2O3S. The van der Waals surface area contributed by atoms with Gasteiger partial charge in [0.15, 0.2) is 0 Å². The predicted octanol–water partition coefficient (Wildman–Crippen LogP) is 3.22. The van der Waals surface area contributed by atoms with Crippen LogP contribution in [0.25, 0.3) is 0 Å². The molecule has 5 nitrogen and oxygen atoms in total. The van der Waals surface area contributed by atoms with Gasteiger partial charge in [-0.15, -0.1) is 0 Å². The van der Waals surface area contributed by atoms with E-state index in [1.165, 1.54) is 0 Å². The minimum Gasteiger partial charge on any atom is -0.493 e. The summed E-state index contributed by atoms with van der Waals surface area (Å²) in [6.07, 6.45) is -3.82. The summed E-state index contributed by atoms with van der Waals surface area (Å²) in [5.74, 6) is 0.825. The van der Waals surface area contributed by atoms with Crippen LogP contribution in [-0.2, 0) is 22.6 Å². The van der Waals surface area contributed by atoms with Crippen molar-refractivity contribution < 1.29 is 26.3 Å². The van der Waals surface area contributed by atoms with Crippen LogP contribution in [0.15, 0.2) is 47.4 Å². The fraction of sp³-hybridized carbons (Fsp3) is 0.368. The molecule has 1 aliphatic rings. The molecule has 1 aliphatic heterocycles. The van der Waals surface area contributed by atoms with Crippen molar-refractivity contribution in [3.05, 3.63) is 59.2 Å². The van der Waals surface area contributed by atoms with Crippen LogP contribution in [0.2, 0.25) is 0 Å². The fourth-order valence-electron chi connectivity index (χ4n) is 3.12. The van der Waals surface area contributed by atoms with E-state index in [9.17, 15) is 21.6 Å². The molecule has 0 fully saturated rings. The molecule has 0 radical (unpaired) electrons. The molecule has 1 heterocycles. The van der Waals surface area contributed by atoms with Crippen molar-refractivity contribution in [3.63, 3.8) is 0 Å². The molecule has 0 amide bonds. The maximum absolute atomic E-state index is 12.9. The second-order valence-corrected chi connectivity index (χ2v) is 8.59. The summed E-state index contributed by atoms with van der Waals surface area (Å²) in [6.45, 7) is 0.638. The Kier molecular flexibility index (Phi) is 5.69. The van der Waals surface area contributed by atoms with Gasteiger partial charge in [0.25, 0.3) is 0 Å². The average molecular weight is 414 g/mol. The minimum atomic E-state index is -4.61. The van der Waals surface area contributed by atoms with Crippen LogP contribution in [0.5, 0.6) is 5.75 Å². The molecule has 9 heteroatoms. The van der Waals surface area contributed by atoms with Gasteiger partial charge in [-0.25, -0.2) is 13.1 Å². The van der Waals surface area contributed by atoms with Crippen molar-refractivity contribution in [3.8, 4) is 5.75 Å². The lowest BCUT2D eigenvalue weighted by molar-refractivity contribution is -0.137. The first-order chi connectivity index (χ1) is 13.1. The molecule has 0 spiro atoms. The monoisotopic (exact) mass is 414 g/mol. The quantitative estimate of drug-likeness (QED) is 0.789.